The number of aliphatic hydroxyl groups is 1. The van der Waals surface area contributed by atoms with Crippen molar-refractivity contribution in [3.63, 3.8) is 0 Å². The van der Waals surface area contributed by atoms with Crippen molar-refractivity contribution < 1.29 is 9.84 Å². The third-order valence-corrected chi connectivity index (χ3v) is 3.41. The molecule has 0 radical (unpaired) electrons. The van der Waals surface area contributed by atoms with Crippen molar-refractivity contribution in [3.05, 3.63) is 24.8 Å². The highest BCUT2D eigenvalue weighted by atomic mass is 32.2. The predicted molar refractivity (Wildman–Crippen MR) is 67.2 cm³/mol. The normalized spacial score (nSPS) is 23.7. The van der Waals surface area contributed by atoms with Crippen molar-refractivity contribution >= 4 is 22.9 Å². The van der Waals surface area contributed by atoms with Gasteiger partial charge in [-0.25, -0.2) is 15.0 Å². The summed E-state index contributed by atoms with van der Waals surface area (Å²) in [6, 6.07) is 0. The van der Waals surface area contributed by atoms with E-state index in [-0.39, 0.29) is 12.8 Å². The van der Waals surface area contributed by atoms with Crippen molar-refractivity contribution in [1.29, 1.82) is 0 Å². The number of aromatic nitrogens is 4. The van der Waals surface area contributed by atoms with Gasteiger partial charge in [-0.3, -0.25) is 4.57 Å². The van der Waals surface area contributed by atoms with Gasteiger partial charge in [0.1, 0.15) is 16.9 Å². The van der Waals surface area contributed by atoms with E-state index in [2.05, 4.69) is 15.0 Å². The SMILES string of the molecule is CSc1ncnc2c1ncn2[C@H]1C=C[C@H](O)CO1. The average Bonchev–Trinajstić information content (AvgIpc) is 2.83. The second-order valence-corrected chi connectivity index (χ2v) is 4.68. The maximum atomic E-state index is 9.35. The van der Waals surface area contributed by atoms with Gasteiger partial charge in [-0.1, -0.05) is 6.08 Å². The molecule has 3 rings (SSSR count). The van der Waals surface area contributed by atoms with Gasteiger partial charge in [0.15, 0.2) is 11.9 Å². The molecule has 3 heterocycles. The Labute approximate surface area is 108 Å². The molecule has 0 saturated heterocycles. The van der Waals surface area contributed by atoms with Crippen molar-refractivity contribution in [2.24, 2.45) is 0 Å². The first-order valence-electron chi connectivity index (χ1n) is 5.49. The minimum absolute atomic E-state index is 0.275. The molecule has 1 aliphatic heterocycles. The Morgan fingerprint density at radius 1 is 1.39 bits per heavy atom. The Hall–Kier alpha value is -1.44. The average molecular weight is 264 g/mol. The maximum Gasteiger partial charge on any atom is 0.166 e. The van der Waals surface area contributed by atoms with Gasteiger partial charge in [-0.15, -0.1) is 11.8 Å². The van der Waals surface area contributed by atoms with Gasteiger partial charge in [0.05, 0.1) is 19.0 Å². The van der Waals surface area contributed by atoms with Gasteiger partial charge in [-0.05, 0) is 12.3 Å². The number of ether oxygens (including phenoxy) is 1. The topological polar surface area (TPSA) is 73.1 Å². The number of hydrogen-bond donors (Lipinski definition) is 1. The van der Waals surface area contributed by atoms with Crippen LogP contribution in [0, 0.1) is 0 Å². The van der Waals surface area contributed by atoms with E-state index in [0.29, 0.717) is 0 Å². The third kappa shape index (κ3) is 1.90. The molecule has 0 unspecified atom stereocenters. The van der Waals surface area contributed by atoms with Crippen molar-refractivity contribution in [2.45, 2.75) is 17.4 Å². The minimum atomic E-state index is -0.535. The quantitative estimate of drug-likeness (QED) is 0.495. The molecule has 0 aromatic carbocycles. The largest absolute Gasteiger partial charge is 0.387 e. The monoisotopic (exact) mass is 264 g/mol. The second kappa shape index (κ2) is 4.68. The van der Waals surface area contributed by atoms with Crippen LogP contribution < -0.4 is 0 Å². The summed E-state index contributed by atoms with van der Waals surface area (Å²) in [5.74, 6) is 0. The Kier molecular flexibility index (Phi) is 3.02. The Morgan fingerprint density at radius 3 is 3.00 bits per heavy atom. The first-order valence-corrected chi connectivity index (χ1v) is 6.71. The van der Waals surface area contributed by atoms with Crippen LogP contribution in [0.4, 0.5) is 0 Å². The zero-order chi connectivity index (χ0) is 12.5. The standard InChI is InChI=1S/C11H12N4O2S/c1-18-11-9-10(12-5-13-11)15(6-14-9)8-3-2-7(16)4-17-8/h2-3,5-8,16H,4H2,1H3/t7-,8+/m0/s1. The summed E-state index contributed by atoms with van der Waals surface area (Å²) in [6.07, 6.45) is 7.87. The number of thioether (sulfide) groups is 1. The molecule has 7 heteroatoms. The summed E-state index contributed by atoms with van der Waals surface area (Å²) < 4.78 is 7.37. The molecule has 1 aliphatic rings. The van der Waals surface area contributed by atoms with E-state index in [4.69, 9.17) is 4.74 Å². The Balaban J connectivity index is 2.05. The molecule has 94 valence electrons. The molecule has 0 bridgehead atoms. The number of fused-ring (bicyclic) bond motifs is 1. The van der Waals surface area contributed by atoms with Crippen LogP contribution in [0.25, 0.3) is 11.2 Å². The fraction of sp³-hybridized carbons (Fsp3) is 0.364. The first-order chi connectivity index (χ1) is 8.79. The van der Waals surface area contributed by atoms with E-state index >= 15 is 0 Å². The maximum absolute atomic E-state index is 9.35. The van der Waals surface area contributed by atoms with Crippen LogP contribution in [0.5, 0.6) is 0 Å². The summed E-state index contributed by atoms with van der Waals surface area (Å²) in [5.41, 5.74) is 1.51. The molecule has 0 aliphatic carbocycles. The molecule has 2 atom stereocenters. The molecule has 2 aromatic heterocycles. The Bertz CT molecular complexity index is 598. The molecule has 0 saturated carbocycles. The molecular formula is C11H12N4O2S. The summed E-state index contributed by atoms with van der Waals surface area (Å²) in [4.78, 5) is 12.7. The molecule has 0 spiro atoms. The van der Waals surface area contributed by atoms with Gasteiger partial charge in [-0.2, -0.15) is 0 Å². The van der Waals surface area contributed by atoms with E-state index in [1.165, 1.54) is 18.1 Å². The predicted octanol–water partition coefficient (Wildman–Crippen LogP) is 0.994. The molecule has 2 aromatic rings. The molecule has 6 nitrogen and oxygen atoms in total. The lowest BCUT2D eigenvalue weighted by Crippen LogP contribution is -2.22. The molecule has 18 heavy (non-hydrogen) atoms. The zero-order valence-corrected chi connectivity index (χ0v) is 10.5. The lowest BCUT2D eigenvalue weighted by Gasteiger charge is -2.21. The van der Waals surface area contributed by atoms with Crippen LogP contribution in [0.2, 0.25) is 0 Å². The summed E-state index contributed by atoms with van der Waals surface area (Å²) >= 11 is 1.53. The van der Waals surface area contributed by atoms with Crippen molar-refractivity contribution in [3.8, 4) is 0 Å². The van der Waals surface area contributed by atoms with Crippen LogP contribution in [0.15, 0.2) is 29.8 Å². The van der Waals surface area contributed by atoms with E-state index in [0.717, 1.165) is 16.2 Å². The third-order valence-electron chi connectivity index (χ3n) is 2.73. The van der Waals surface area contributed by atoms with Gasteiger partial charge >= 0.3 is 0 Å². The van der Waals surface area contributed by atoms with Gasteiger partial charge in [0, 0.05) is 0 Å². The minimum Gasteiger partial charge on any atom is -0.387 e. The number of aliphatic hydroxyl groups excluding tert-OH is 1. The highest BCUT2D eigenvalue weighted by Crippen LogP contribution is 2.25. The van der Waals surface area contributed by atoms with Crippen LogP contribution in [-0.4, -0.2) is 43.6 Å². The number of imidazole rings is 1. The highest BCUT2D eigenvalue weighted by Gasteiger charge is 2.19. The molecular weight excluding hydrogens is 252 g/mol. The fourth-order valence-electron chi connectivity index (χ4n) is 1.87. The Morgan fingerprint density at radius 2 is 2.28 bits per heavy atom. The fourth-order valence-corrected chi connectivity index (χ4v) is 2.36. The van der Waals surface area contributed by atoms with Crippen molar-refractivity contribution in [1.82, 2.24) is 19.5 Å². The van der Waals surface area contributed by atoms with E-state index < -0.39 is 6.10 Å². The van der Waals surface area contributed by atoms with Crippen LogP contribution >= 0.6 is 11.8 Å². The van der Waals surface area contributed by atoms with Gasteiger partial charge in [0.2, 0.25) is 0 Å². The lowest BCUT2D eigenvalue weighted by atomic mass is 10.3. The van der Waals surface area contributed by atoms with Crippen LogP contribution in [-0.2, 0) is 4.74 Å². The van der Waals surface area contributed by atoms with Crippen molar-refractivity contribution in [2.75, 3.05) is 12.9 Å². The number of hydrogen-bond acceptors (Lipinski definition) is 6. The van der Waals surface area contributed by atoms with Gasteiger partial charge < -0.3 is 9.84 Å². The summed E-state index contributed by atoms with van der Waals surface area (Å²) in [6.45, 7) is 0.279. The summed E-state index contributed by atoms with van der Waals surface area (Å²) in [5, 5.41) is 10.2. The van der Waals surface area contributed by atoms with Crippen LogP contribution in [0.1, 0.15) is 6.23 Å². The van der Waals surface area contributed by atoms with E-state index in [1.807, 2.05) is 10.8 Å². The molecule has 0 amide bonds. The number of rotatable bonds is 2. The molecule has 1 N–H and O–H groups in total. The van der Waals surface area contributed by atoms with E-state index in [1.54, 1.807) is 18.5 Å². The smallest absolute Gasteiger partial charge is 0.166 e. The first kappa shape index (κ1) is 11.6. The second-order valence-electron chi connectivity index (χ2n) is 3.88. The lowest BCUT2D eigenvalue weighted by molar-refractivity contribution is -0.0165. The molecule has 0 fully saturated rings. The highest BCUT2D eigenvalue weighted by molar-refractivity contribution is 7.98. The number of nitrogens with zero attached hydrogens (tertiary/aromatic N) is 4. The zero-order valence-electron chi connectivity index (χ0n) is 9.72. The van der Waals surface area contributed by atoms with Crippen LogP contribution in [0.3, 0.4) is 0 Å². The van der Waals surface area contributed by atoms with Gasteiger partial charge in [0.25, 0.3) is 0 Å². The van der Waals surface area contributed by atoms with E-state index in [9.17, 15) is 5.11 Å². The summed E-state index contributed by atoms with van der Waals surface area (Å²) in [7, 11) is 0.